The summed E-state index contributed by atoms with van der Waals surface area (Å²) in [6, 6.07) is 5.85. The lowest BCUT2D eigenvalue weighted by Gasteiger charge is -2.18. The summed E-state index contributed by atoms with van der Waals surface area (Å²) in [5.74, 6) is 0. The fourth-order valence-corrected chi connectivity index (χ4v) is 1.70. The van der Waals surface area contributed by atoms with E-state index in [4.69, 9.17) is 10.2 Å². The molecule has 0 fully saturated rings. The molecule has 84 valence electrons. The van der Waals surface area contributed by atoms with E-state index in [-0.39, 0.29) is 19.3 Å². The zero-order chi connectivity index (χ0) is 11.3. The monoisotopic (exact) mass is 273 g/mol. The highest BCUT2D eigenvalue weighted by atomic mass is 79.9. The molecule has 1 atom stereocenters. The second-order valence-electron chi connectivity index (χ2n) is 3.50. The Morgan fingerprint density at radius 2 is 2.13 bits per heavy atom. The average Bonchev–Trinajstić information content (AvgIpc) is 2.22. The Balaban J connectivity index is 2.73. The van der Waals surface area contributed by atoms with Crippen molar-refractivity contribution in [2.75, 3.05) is 18.5 Å². The molecule has 1 rings (SSSR count). The first-order chi connectivity index (χ1) is 7.17. The smallest absolute Gasteiger partial charge is 0.0633 e. The van der Waals surface area contributed by atoms with Gasteiger partial charge in [0.2, 0.25) is 0 Å². The summed E-state index contributed by atoms with van der Waals surface area (Å²) in [7, 11) is 0. The lowest BCUT2D eigenvalue weighted by molar-refractivity contribution is 0.229. The number of nitrogens with one attached hydrogen (secondary N) is 1. The molecule has 0 saturated heterocycles. The third kappa shape index (κ3) is 3.81. The fraction of sp³-hybridized carbons (Fsp3) is 0.455. The van der Waals surface area contributed by atoms with E-state index in [1.54, 1.807) is 0 Å². The first-order valence-corrected chi connectivity index (χ1v) is 5.71. The van der Waals surface area contributed by atoms with Crippen LogP contribution in [0.1, 0.15) is 12.0 Å². The van der Waals surface area contributed by atoms with Crippen LogP contribution in [0.25, 0.3) is 0 Å². The van der Waals surface area contributed by atoms with Crippen LogP contribution in [0.5, 0.6) is 0 Å². The standard InChI is InChI=1S/C11H16BrNO2/c1-8-2-3-9(12)6-11(8)13-10(7-15)4-5-14/h2-3,6,10,13-15H,4-5,7H2,1H3. The van der Waals surface area contributed by atoms with Crippen molar-refractivity contribution >= 4 is 21.6 Å². The quantitative estimate of drug-likeness (QED) is 0.768. The lowest BCUT2D eigenvalue weighted by atomic mass is 10.1. The molecular formula is C11H16BrNO2. The van der Waals surface area contributed by atoms with Gasteiger partial charge in [0, 0.05) is 16.8 Å². The van der Waals surface area contributed by atoms with Crippen LogP contribution in [0.3, 0.4) is 0 Å². The van der Waals surface area contributed by atoms with Gasteiger partial charge in [-0.3, -0.25) is 0 Å². The molecule has 1 aromatic rings. The van der Waals surface area contributed by atoms with Crippen molar-refractivity contribution in [3.63, 3.8) is 0 Å². The number of aliphatic hydroxyl groups excluding tert-OH is 2. The molecule has 0 aliphatic rings. The zero-order valence-corrected chi connectivity index (χ0v) is 10.3. The predicted octanol–water partition coefficient (Wildman–Crippen LogP) is 1.91. The number of halogens is 1. The molecule has 0 aromatic heterocycles. The summed E-state index contributed by atoms with van der Waals surface area (Å²) in [6.45, 7) is 2.10. The Bertz CT molecular complexity index is 317. The van der Waals surface area contributed by atoms with Crippen molar-refractivity contribution in [2.45, 2.75) is 19.4 Å². The van der Waals surface area contributed by atoms with Gasteiger partial charge in [0.15, 0.2) is 0 Å². The van der Waals surface area contributed by atoms with E-state index in [1.807, 2.05) is 25.1 Å². The molecular weight excluding hydrogens is 258 g/mol. The fourth-order valence-electron chi connectivity index (χ4n) is 1.33. The van der Waals surface area contributed by atoms with Gasteiger partial charge >= 0.3 is 0 Å². The second kappa shape index (κ2) is 6.10. The molecule has 0 amide bonds. The van der Waals surface area contributed by atoms with Crippen LogP contribution in [0.4, 0.5) is 5.69 Å². The number of hydrogen-bond acceptors (Lipinski definition) is 3. The summed E-state index contributed by atoms with van der Waals surface area (Å²) in [5.41, 5.74) is 2.10. The average molecular weight is 274 g/mol. The molecule has 0 bridgehead atoms. The highest BCUT2D eigenvalue weighted by Crippen LogP contribution is 2.21. The van der Waals surface area contributed by atoms with Crippen LogP contribution in [0.2, 0.25) is 0 Å². The van der Waals surface area contributed by atoms with Crippen LogP contribution in [0.15, 0.2) is 22.7 Å². The summed E-state index contributed by atoms with van der Waals surface area (Å²) in [6.07, 6.45) is 0.544. The van der Waals surface area contributed by atoms with E-state index in [1.165, 1.54) is 0 Å². The van der Waals surface area contributed by atoms with Gasteiger partial charge in [0.1, 0.15) is 0 Å². The maximum atomic E-state index is 9.09. The third-order valence-corrected chi connectivity index (χ3v) is 2.75. The summed E-state index contributed by atoms with van der Waals surface area (Å²) in [5, 5.41) is 21.1. The van der Waals surface area contributed by atoms with Crippen molar-refractivity contribution in [3.05, 3.63) is 28.2 Å². The predicted molar refractivity (Wildman–Crippen MR) is 65.1 cm³/mol. The van der Waals surface area contributed by atoms with E-state index < -0.39 is 0 Å². The summed E-state index contributed by atoms with van der Waals surface area (Å²) < 4.78 is 0.997. The van der Waals surface area contributed by atoms with Gasteiger partial charge in [-0.25, -0.2) is 0 Å². The van der Waals surface area contributed by atoms with Crippen molar-refractivity contribution in [2.24, 2.45) is 0 Å². The Kier molecular flexibility index (Phi) is 5.08. The Morgan fingerprint density at radius 3 is 2.73 bits per heavy atom. The molecule has 3 nitrogen and oxygen atoms in total. The number of anilines is 1. The molecule has 0 radical (unpaired) electrons. The number of rotatable bonds is 5. The molecule has 3 N–H and O–H groups in total. The van der Waals surface area contributed by atoms with Crippen molar-refractivity contribution < 1.29 is 10.2 Å². The van der Waals surface area contributed by atoms with Gasteiger partial charge < -0.3 is 15.5 Å². The maximum Gasteiger partial charge on any atom is 0.0633 e. The van der Waals surface area contributed by atoms with E-state index in [0.717, 1.165) is 15.7 Å². The van der Waals surface area contributed by atoms with E-state index in [0.29, 0.717) is 6.42 Å². The van der Waals surface area contributed by atoms with Crippen LogP contribution >= 0.6 is 15.9 Å². The number of aryl methyl sites for hydroxylation is 1. The second-order valence-corrected chi connectivity index (χ2v) is 4.41. The van der Waals surface area contributed by atoms with Gasteiger partial charge in [-0.05, 0) is 31.0 Å². The van der Waals surface area contributed by atoms with Crippen LogP contribution < -0.4 is 5.32 Å². The molecule has 4 heteroatoms. The van der Waals surface area contributed by atoms with E-state index in [9.17, 15) is 0 Å². The van der Waals surface area contributed by atoms with Gasteiger partial charge in [-0.2, -0.15) is 0 Å². The Morgan fingerprint density at radius 1 is 1.40 bits per heavy atom. The molecule has 1 unspecified atom stereocenters. The molecule has 0 saturated carbocycles. The first kappa shape index (κ1) is 12.5. The zero-order valence-electron chi connectivity index (χ0n) is 8.70. The molecule has 15 heavy (non-hydrogen) atoms. The van der Waals surface area contributed by atoms with Gasteiger partial charge in [0.25, 0.3) is 0 Å². The van der Waals surface area contributed by atoms with E-state index in [2.05, 4.69) is 21.2 Å². The minimum Gasteiger partial charge on any atom is -0.396 e. The third-order valence-electron chi connectivity index (χ3n) is 2.26. The summed E-state index contributed by atoms with van der Waals surface area (Å²) >= 11 is 3.40. The maximum absolute atomic E-state index is 9.09. The SMILES string of the molecule is Cc1ccc(Br)cc1NC(CO)CCO. The highest BCUT2D eigenvalue weighted by molar-refractivity contribution is 9.10. The molecule has 0 heterocycles. The summed E-state index contributed by atoms with van der Waals surface area (Å²) in [4.78, 5) is 0. The Labute approximate surface area is 98.3 Å². The normalized spacial score (nSPS) is 12.5. The molecule has 0 aliphatic heterocycles. The van der Waals surface area contributed by atoms with Crippen LogP contribution in [0, 0.1) is 6.92 Å². The van der Waals surface area contributed by atoms with Gasteiger partial charge in [-0.15, -0.1) is 0 Å². The first-order valence-electron chi connectivity index (χ1n) is 4.91. The topological polar surface area (TPSA) is 52.5 Å². The highest BCUT2D eigenvalue weighted by Gasteiger charge is 2.07. The number of hydrogen-bond donors (Lipinski definition) is 3. The van der Waals surface area contributed by atoms with Crippen LogP contribution in [-0.2, 0) is 0 Å². The molecule has 0 spiro atoms. The number of aliphatic hydroxyl groups is 2. The minimum atomic E-state index is -0.0944. The minimum absolute atomic E-state index is 0.0204. The molecule has 0 aliphatic carbocycles. The van der Waals surface area contributed by atoms with Crippen molar-refractivity contribution in [1.29, 1.82) is 0 Å². The van der Waals surface area contributed by atoms with Gasteiger partial charge in [-0.1, -0.05) is 22.0 Å². The lowest BCUT2D eigenvalue weighted by Crippen LogP contribution is -2.25. The van der Waals surface area contributed by atoms with Crippen molar-refractivity contribution in [3.8, 4) is 0 Å². The van der Waals surface area contributed by atoms with Gasteiger partial charge in [0.05, 0.1) is 12.6 Å². The van der Waals surface area contributed by atoms with Crippen LogP contribution in [-0.4, -0.2) is 29.5 Å². The molecule has 1 aromatic carbocycles. The number of benzene rings is 1. The van der Waals surface area contributed by atoms with Crippen molar-refractivity contribution in [1.82, 2.24) is 0 Å². The Hall–Kier alpha value is -0.580. The largest absolute Gasteiger partial charge is 0.396 e. The van der Waals surface area contributed by atoms with E-state index >= 15 is 0 Å².